The average Bonchev–Trinajstić information content (AvgIpc) is 2.49. The van der Waals surface area contributed by atoms with Crippen LogP contribution in [-0.4, -0.2) is 16.7 Å². The molecule has 0 fully saturated rings. The maximum atomic E-state index is 14.3. The van der Waals surface area contributed by atoms with Crippen molar-refractivity contribution in [2.75, 3.05) is 0 Å². The van der Waals surface area contributed by atoms with Crippen molar-refractivity contribution in [2.24, 2.45) is 5.10 Å². The minimum absolute atomic E-state index is 0.125. The van der Waals surface area contributed by atoms with Crippen LogP contribution in [0.25, 0.3) is 11.1 Å². The molecular weight excluding hydrogens is 271 g/mol. The third-order valence-corrected chi connectivity index (χ3v) is 3.39. The molecule has 0 saturated carbocycles. The molecule has 5 heteroatoms. The first-order valence-corrected chi connectivity index (χ1v) is 6.58. The number of hydrazone groups is 1. The van der Waals surface area contributed by atoms with E-state index >= 15 is 0 Å². The van der Waals surface area contributed by atoms with E-state index in [9.17, 15) is 14.3 Å². The quantitative estimate of drug-likeness (QED) is 0.890. The van der Waals surface area contributed by atoms with E-state index in [4.69, 9.17) is 0 Å². The van der Waals surface area contributed by atoms with Gasteiger partial charge in [0.15, 0.2) is 0 Å². The number of carbonyl (C=O) groups is 1. The number of aromatic hydroxyl groups is 1. The fourth-order valence-corrected chi connectivity index (χ4v) is 2.25. The summed E-state index contributed by atoms with van der Waals surface area (Å²) >= 11 is 0. The molecule has 0 unspecified atom stereocenters. The fraction of sp³-hybridized carbons (Fsp3) is 0.125. The zero-order chi connectivity index (χ0) is 14.8. The van der Waals surface area contributed by atoms with Crippen LogP contribution in [0, 0.1) is 5.82 Å². The molecule has 0 aromatic heterocycles. The Morgan fingerprint density at radius 3 is 2.38 bits per heavy atom. The summed E-state index contributed by atoms with van der Waals surface area (Å²) in [6.45, 7) is 0. The van der Waals surface area contributed by atoms with Gasteiger partial charge in [0.1, 0.15) is 11.6 Å². The molecule has 0 atom stereocenters. The second kappa shape index (κ2) is 5.36. The van der Waals surface area contributed by atoms with Gasteiger partial charge in [-0.25, -0.2) is 9.82 Å². The monoisotopic (exact) mass is 284 g/mol. The molecule has 4 nitrogen and oxygen atoms in total. The van der Waals surface area contributed by atoms with Crippen LogP contribution < -0.4 is 5.43 Å². The van der Waals surface area contributed by atoms with Crippen LogP contribution >= 0.6 is 0 Å². The number of phenolic OH excluding ortho intramolecular Hbond substituents is 1. The van der Waals surface area contributed by atoms with Crippen molar-refractivity contribution in [3.63, 3.8) is 0 Å². The number of carbonyl (C=O) groups excluding carboxylic acids is 1. The Labute approximate surface area is 120 Å². The van der Waals surface area contributed by atoms with Crippen molar-refractivity contribution in [1.29, 1.82) is 0 Å². The Kier molecular flexibility index (Phi) is 3.39. The lowest BCUT2D eigenvalue weighted by molar-refractivity contribution is -0.121. The molecule has 0 bridgehead atoms. The standard InChI is InChI=1S/C16H13FN2O2/c17-14-9-11(15-7-8-16(21)19-18-15)3-6-13(14)10-1-4-12(20)5-2-10/h1-6,9,20H,7-8H2,(H,19,21). The van der Waals surface area contributed by atoms with Gasteiger partial charge in [-0.15, -0.1) is 0 Å². The van der Waals surface area contributed by atoms with Gasteiger partial charge in [-0.2, -0.15) is 5.10 Å². The van der Waals surface area contributed by atoms with Crippen molar-refractivity contribution in [3.8, 4) is 16.9 Å². The molecule has 0 radical (unpaired) electrons. The first kappa shape index (κ1) is 13.3. The zero-order valence-electron chi connectivity index (χ0n) is 11.1. The van der Waals surface area contributed by atoms with Crippen LogP contribution in [0.15, 0.2) is 47.6 Å². The molecule has 2 aromatic carbocycles. The number of amides is 1. The van der Waals surface area contributed by atoms with Gasteiger partial charge in [-0.1, -0.05) is 24.3 Å². The molecule has 1 amide bonds. The summed E-state index contributed by atoms with van der Waals surface area (Å²) < 4.78 is 14.3. The molecule has 0 spiro atoms. The Bertz CT molecular complexity index is 724. The highest BCUT2D eigenvalue weighted by atomic mass is 19.1. The lowest BCUT2D eigenvalue weighted by Gasteiger charge is -2.13. The fourth-order valence-electron chi connectivity index (χ4n) is 2.25. The van der Waals surface area contributed by atoms with Crippen molar-refractivity contribution >= 4 is 11.6 Å². The Balaban J connectivity index is 1.93. The maximum Gasteiger partial charge on any atom is 0.240 e. The molecule has 1 aliphatic heterocycles. The largest absolute Gasteiger partial charge is 0.508 e. The SMILES string of the molecule is O=C1CCC(c2ccc(-c3ccc(O)cc3)c(F)c2)=NN1. The van der Waals surface area contributed by atoms with Gasteiger partial charge in [-0.05, 0) is 23.8 Å². The molecule has 1 aliphatic rings. The summed E-state index contributed by atoms with van der Waals surface area (Å²) in [7, 11) is 0. The van der Waals surface area contributed by atoms with Crippen LogP contribution in [0.1, 0.15) is 18.4 Å². The molecule has 0 saturated heterocycles. The normalized spacial score (nSPS) is 14.5. The van der Waals surface area contributed by atoms with E-state index < -0.39 is 0 Å². The van der Waals surface area contributed by atoms with Gasteiger partial charge in [-0.3, -0.25) is 4.79 Å². The molecule has 1 heterocycles. The number of rotatable bonds is 2. The molecule has 0 aliphatic carbocycles. The number of hydrogen-bond donors (Lipinski definition) is 2. The van der Waals surface area contributed by atoms with E-state index in [1.54, 1.807) is 24.3 Å². The number of nitrogens with zero attached hydrogens (tertiary/aromatic N) is 1. The van der Waals surface area contributed by atoms with E-state index in [1.807, 2.05) is 0 Å². The minimum Gasteiger partial charge on any atom is -0.508 e. The molecule has 2 aromatic rings. The molecule has 106 valence electrons. The van der Waals surface area contributed by atoms with Crippen molar-refractivity contribution in [2.45, 2.75) is 12.8 Å². The first-order chi connectivity index (χ1) is 10.1. The van der Waals surface area contributed by atoms with Gasteiger partial charge < -0.3 is 5.11 Å². The number of hydrogen-bond acceptors (Lipinski definition) is 3. The third kappa shape index (κ3) is 2.76. The number of benzene rings is 2. The summed E-state index contributed by atoms with van der Waals surface area (Å²) in [5, 5.41) is 13.2. The smallest absolute Gasteiger partial charge is 0.240 e. The van der Waals surface area contributed by atoms with Crippen molar-refractivity contribution in [1.82, 2.24) is 5.43 Å². The zero-order valence-corrected chi connectivity index (χ0v) is 11.1. The first-order valence-electron chi connectivity index (χ1n) is 6.58. The molecular formula is C16H13FN2O2. The van der Waals surface area contributed by atoms with E-state index in [2.05, 4.69) is 10.5 Å². The summed E-state index contributed by atoms with van der Waals surface area (Å²) in [6, 6.07) is 11.2. The summed E-state index contributed by atoms with van der Waals surface area (Å²) in [4.78, 5) is 11.1. The second-order valence-electron chi connectivity index (χ2n) is 4.83. The van der Waals surface area contributed by atoms with Gasteiger partial charge in [0.05, 0.1) is 5.71 Å². The number of halogens is 1. The van der Waals surface area contributed by atoms with Crippen molar-refractivity contribution < 1.29 is 14.3 Å². The van der Waals surface area contributed by atoms with Gasteiger partial charge in [0.2, 0.25) is 5.91 Å². The van der Waals surface area contributed by atoms with Crippen LogP contribution in [0.5, 0.6) is 5.75 Å². The lowest BCUT2D eigenvalue weighted by Crippen LogP contribution is -2.25. The predicted molar refractivity (Wildman–Crippen MR) is 77.4 cm³/mol. The van der Waals surface area contributed by atoms with Gasteiger partial charge in [0.25, 0.3) is 0 Å². The number of nitrogens with one attached hydrogen (secondary N) is 1. The van der Waals surface area contributed by atoms with Crippen LogP contribution in [0.2, 0.25) is 0 Å². The van der Waals surface area contributed by atoms with Crippen molar-refractivity contribution in [3.05, 3.63) is 53.8 Å². The highest BCUT2D eigenvalue weighted by Gasteiger charge is 2.15. The second-order valence-corrected chi connectivity index (χ2v) is 4.83. The molecule has 21 heavy (non-hydrogen) atoms. The Morgan fingerprint density at radius 2 is 1.76 bits per heavy atom. The van der Waals surface area contributed by atoms with Crippen LogP contribution in [0.3, 0.4) is 0 Å². The highest BCUT2D eigenvalue weighted by molar-refractivity contribution is 6.04. The third-order valence-electron chi connectivity index (χ3n) is 3.39. The van der Waals surface area contributed by atoms with E-state index in [-0.39, 0.29) is 17.5 Å². The summed E-state index contributed by atoms with van der Waals surface area (Å²) in [5.74, 6) is -0.346. The summed E-state index contributed by atoms with van der Waals surface area (Å²) in [5.41, 5.74) is 4.88. The highest BCUT2D eigenvalue weighted by Crippen LogP contribution is 2.26. The topological polar surface area (TPSA) is 61.7 Å². The maximum absolute atomic E-state index is 14.3. The molecule has 3 rings (SSSR count). The summed E-state index contributed by atoms with van der Waals surface area (Å²) in [6.07, 6.45) is 0.865. The average molecular weight is 284 g/mol. The van der Waals surface area contributed by atoms with E-state index in [1.165, 1.54) is 18.2 Å². The Morgan fingerprint density at radius 1 is 1.05 bits per heavy atom. The predicted octanol–water partition coefficient (Wildman–Crippen LogP) is 2.81. The van der Waals surface area contributed by atoms with E-state index in [0.29, 0.717) is 35.2 Å². The van der Waals surface area contributed by atoms with Crippen LogP contribution in [-0.2, 0) is 4.79 Å². The lowest BCUT2D eigenvalue weighted by atomic mass is 9.99. The van der Waals surface area contributed by atoms with Gasteiger partial charge in [0, 0.05) is 24.0 Å². The van der Waals surface area contributed by atoms with E-state index in [0.717, 1.165) is 0 Å². The van der Waals surface area contributed by atoms with Crippen LogP contribution in [0.4, 0.5) is 4.39 Å². The van der Waals surface area contributed by atoms with Gasteiger partial charge >= 0.3 is 0 Å². The minimum atomic E-state index is -0.363. The Hall–Kier alpha value is -2.69. The molecule has 2 N–H and O–H groups in total. The number of phenols is 1.